The third kappa shape index (κ3) is 3.07. The molecule has 0 saturated carbocycles. The molecule has 0 radical (unpaired) electrons. The average Bonchev–Trinajstić information content (AvgIpc) is 2.87. The molecule has 2 rings (SSSR count). The second kappa shape index (κ2) is 5.48. The van der Waals surface area contributed by atoms with Crippen molar-refractivity contribution in [1.82, 2.24) is 15.0 Å². The molecule has 1 aromatic rings. The summed E-state index contributed by atoms with van der Waals surface area (Å²) in [6.45, 7) is 5.47. The van der Waals surface area contributed by atoms with Crippen LogP contribution in [0.15, 0.2) is 4.52 Å². The zero-order chi connectivity index (χ0) is 13.1. The summed E-state index contributed by atoms with van der Waals surface area (Å²) in [7, 11) is 0. The van der Waals surface area contributed by atoms with E-state index in [9.17, 15) is 4.79 Å². The molecular weight excluding hydrogens is 234 g/mol. The van der Waals surface area contributed by atoms with Crippen LogP contribution in [0, 0.1) is 0 Å². The van der Waals surface area contributed by atoms with Crippen LogP contribution < -0.4 is 0 Å². The molecule has 6 nitrogen and oxygen atoms in total. The maximum atomic E-state index is 10.5. The van der Waals surface area contributed by atoms with E-state index in [1.54, 1.807) is 0 Å². The van der Waals surface area contributed by atoms with E-state index in [0.29, 0.717) is 24.4 Å². The monoisotopic (exact) mass is 253 g/mol. The van der Waals surface area contributed by atoms with E-state index in [1.165, 1.54) is 6.42 Å². The highest BCUT2D eigenvalue weighted by Gasteiger charge is 2.28. The number of likely N-dealkylation sites (tertiary alicyclic amines) is 1. The quantitative estimate of drug-likeness (QED) is 0.846. The number of nitrogens with zero attached hydrogens (tertiary/aromatic N) is 3. The molecule has 1 N–H and O–H groups in total. The first kappa shape index (κ1) is 13.0. The first-order valence-corrected chi connectivity index (χ1v) is 6.35. The van der Waals surface area contributed by atoms with Crippen LogP contribution in [0.25, 0.3) is 0 Å². The first-order chi connectivity index (χ1) is 8.56. The number of hydrogen-bond acceptors (Lipinski definition) is 5. The third-order valence-corrected chi connectivity index (χ3v) is 3.32. The zero-order valence-corrected chi connectivity index (χ0v) is 10.8. The summed E-state index contributed by atoms with van der Waals surface area (Å²) in [4.78, 5) is 17.1. The minimum absolute atomic E-state index is 0.179. The van der Waals surface area contributed by atoms with Gasteiger partial charge >= 0.3 is 5.97 Å². The lowest BCUT2D eigenvalue weighted by molar-refractivity contribution is -0.136. The highest BCUT2D eigenvalue weighted by Crippen LogP contribution is 2.22. The molecule has 1 atom stereocenters. The van der Waals surface area contributed by atoms with Crippen molar-refractivity contribution in [2.45, 2.75) is 51.6 Å². The molecule has 0 amide bonds. The molecule has 18 heavy (non-hydrogen) atoms. The van der Waals surface area contributed by atoms with Gasteiger partial charge in [0.25, 0.3) is 0 Å². The maximum Gasteiger partial charge on any atom is 0.311 e. The summed E-state index contributed by atoms with van der Waals surface area (Å²) in [6, 6.07) is 0.946. The molecule has 6 heteroatoms. The Kier molecular flexibility index (Phi) is 3.96. The van der Waals surface area contributed by atoms with Crippen LogP contribution in [0.1, 0.15) is 38.4 Å². The Bertz CT molecular complexity index is 416. The highest BCUT2D eigenvalue weighted by molar-refractivity contribution is 5.68. The number of rotatable bonds is 5. The van der Waals surface area contributed by atoms with E-state index in [0.717, 1.165) is 13.0 Å². The van der Waals surface area contributed by atoms with Gasteiger partial charge in [0.15, 0.2) is 5.82 Å². The topological polar surface area (TPSA) is 79.5 Å². The van der Waals surface area contributed by atoms with Crippen LogP contribution in [-0.4, -0.2) is 44.7 Å². The zero-order valence-electron chi connectivity index (χ0n) is 10.8. The summed E-state index contributed by atoms with van der Waals surface area (Å²) in [5.74, 6) is -0.137. The molecule has 1 unspecified atom stereocenters. The molecule has 100 valence electrons. The molecule has 0 spiro atoms. The number of aromatic nitrogens is 2. The number of carbonyl (C=O) groups is 1. The minimum atomic E-state index is -0.938. The largest absolute Gasteiger partial charge is 0.481 e. The van der Waals surface area contributed by atoms with E-state index in [2.05, 4.69) is 28.9 Å². The van der Waals surface area contributed by atoms with Gasteiger partial charge in [-0.15, -0.1) is 0 Å². The summed E-state index contributed by atoms with van der Waals surface area (Å²) >= 11 is 0. The van der Waals surface area contributed by atoms with Crippen molar-refractivity contribution in [3.05, 3.63) is 11.7 Å². The van der Waals surface area contributed by atoms with Crippen LogP contribution in [0.3, 0.4) is 0 Å². The van der Waals surface area contributed by atoms with E-state index < -0.39 is 5.97 Å². The van der Waals surface area contributed by atoms with Gasteiger partial charge in [-0.05, 0) is 33.2 Å². The van der Waals surface area contributed by atoms with Crippen molar-refractivity contribution in [2.75, 3.05) is 6.54 Å². The van der Waals surface area contributed by atoms with Crippen molar-refractivity contribution in [1.29, 1.82) is 0 Å². The number of carboxylic acids is 1. The fourth-order valence-corrected chi connectivity index (χ4v) is 2.54. The van der Waals surface area contributed by atoms with Crippen LogP contribution in [-0.2, 0) is 17.6 Å². The number of carboxylic acid groups (broad SMARTS) is 1. The number of hydrogen-bond donors (Lipinski definition) is 1. The first-order valence-electron chi connectivity index (χ1n) is 6.35. The van der Waals surface area contributed by atoms with Crippen LogP contribution >= 0.6 is 0 Å². The Morgan fingerprint density at radius 2 is 2.39 bits per heavy atom. The van der Waals surface area contributed by atoms with Crippen molar-refractivity contribution in [2.24, 2.45) is 0 Å². The lowest BCUT2D eigenvalue weighted by atomic mass is 10.1. The molecule has 1 aromatic heterocycles. The van der Waals surface area contributed by atoms with Crippen LogP contribution in [0.2, 0.25) is 0 Å². The van der Waals surface area contributed by atoms with Crippen LogP contribution in [0.5, 0.6) is 0 Å². The number of aliphatic carboxylic acids is 1. The fraction of sp³-hybridized carbons (Fsp3) is 0.750. The van der Waals surface area contributed by atoms with E-state index in [1.807, 2.05) is 0 Å². The maximum absolute atomic E-state index is 10.5. The normalized spacial score (nSPS) is 20.7. The van der Waals surface area contributed by atoms with Gasteiger partial charge < -0.3 is 9.63 Å². The van der Waals surface area contributed by atoms with Gasteiger partial charge in [0, 0.05) is 18.5 Å². The molecule has 0 aliphatic carbocycles. The Balaban J connectivity index is 1.96. The predicted molar refractivity (Wildman–Crippen MR) is 64.2 cm³/mol. The van der Waals surface area contributed by atoms with Gasteiger partial charge in [-0.2, -0.15) is 4.98 Å². The third-order valence-electron chi connectivity index (χ3n) is 3.32. The summed E-state index contributed by atoms with van der Waals surface area (Å²) < 4.78 is 5.10. The molecule has 1 fully saturated rings. The Hall–Kier alpha value is -1.43. The fourth-order valence-electron chi connectivity index (χ4n) is 2.54. The van der Waals surface area contributed by atoms with E-state index >= 15 is 0 Å². The Morgan fingerprint density at radius 1 is 1.61 bits per heavy atom. The van der Waals surface area contributed by atoms with Crippen molar-refractivity contribution >= 4 is 5.97 Å². The molecule has 0 aromatic carbocycles. The average molecular weight is 253 g/mol. The van der Waals surface area contributed by atoms with Crippen molar-refractivity contribution in [3.8, 4) is 0 Å². The Morgan fingerprint density at radius 3 is 3.06 bits per heavy atom. The smallest absolute Gasteiger partial charge is 0.311 e. The molecule has 0 bridgehead atoms. The molecule has 1 saturated heterocycles. The summed E-state index contributed by atoms with van der Waals surface area (Å²) in [5, 5.41) is 12.3. The van der Waals surface area contributed by atoms with Gasteiger partial charge in [0.05, 0.1) is 0 Å². The second-order valence-electron chi connectivity index (χ2n) is 5.01. The molecule has 2 heterocycles. The lowest BCUT2D eigenvalue weighted by Gasteiger charge is -2.27. The highest BCUT2D eigenvalue weighted by atomic mass is 16.5. The van der Waals surface area contributed by atoms with Gasteiger partial charge in [0.1, 0.15) is 6.42 Å². The summed E-state index contributed by atoms with van der Waals surface area (Å²) in [6.07, 6.45) is 2.86. The standard InChI is InChI=1S/C12H19N3O3/c1-8(2)15-5-3-4-9(15)6-11-13-10(14-18-11)7-12(16)17/h8-9H,3-7H2,1-2H3,(H,16,17). The van der Waals surface area contributed by atoms with Gasteiger partial charge in [0.2, 0.25) is 5.89 Å². The van der Waals surface area contributed by atoms with Crippen molar-refractivity contribution in [3.63, 3.8) is 0 Å². The van der Waals surface area contributed by atoms with E-state index in [-0.39, 0.29) is 12.2 Å². The van der Waals surface area contributed by atoms with Gasteiger partial charge in [-0.1, -0.05) is 5.16 Å². The van der Waals surface area contributed by atoms with Crippen molar-refractivity contribution < 1.29 is 14.4 Å². The molecule has 1 aliphatic rings. The Labute approximate surface area is 106 Å². The van der Waals surface area contributed by atoms with Gasteiger partial charge in [-0.3, -0.25) is 9.69 Å². The van der Waals surface area contributed by atoms with Crippen LogP contribution in [0.4, 0.5) is 0 Å². The second-order valence-corrected chi connectivity index (χ2v) is 5.01. The molecular formula is C12H19N3O3. The van der Waals surface area contributed by atoms with E-state index in [4.69, 9.17) is 9.63 Å². The van der Waals surface area contributed by atoms with Gasteiger partial charge in [-0.25, -0.2) is 0 Å². The minimum Gasteiger partial charge on any atom is -0.481 e. The molecule has 1 aliphatic heterocycles. The SMILES string of the molecule is CC(C)N1CCCC1Cc1nc(CC(=O)O)no1. The lowest BCUT2D eigenvalue weighted by Crippen LogP contribution is -2.36. The predicted octanol–water partition coefficient (Wildman–Crippen LogP) is 1.11. The summed E-state index contributed by atoms with van der Waals surface area (Å²) in [5.41, 5.74) is 0.